The van der Waals surface area contributed by atoms with E-state index in [1.807, 2.05) is 26.0 Å². The molecule has 0 unspecified atom stereocenters. The zero-order valence-corrected chi connectivity index (χ0v) is 13.0. The lowest BCUT2D eigenvalue weighted by atomic mass is 9.76. The van der Waals surface area contributed by atoms with Crippen LogP contribution >= 0.6 is 0 Å². The number of carboxylic acids is 1. The van der Waals surface area contributed by atoms with Gasteiger partial charge in [-0.1, -0.05) is 19.1 Å². The van der Waals surface area contributed by atoms with E-state index in [1.165, 1.54) is 5.56 Å². The van der Waals surface area contributed by atoms with Crippen LogP contribution in [0.25, 0.3) is 0 Å². The minimum atomic E-state index is -0.634. The molecule has 0 saturated carbocycles. The van der Waals surface area contributed by atoms with Crippen LogP contribution in [-0.4, -0.2) is 35.7 Å². The van der Waals surface area contributed by atoms with Crippen molar-refractivity contribution < 1.29 is 14.6 Å². The van der Waals surface area contributed by atoms with E-state index in [0.717, 1.165) is 44.6 Å². The first kappa shape index (κ1) is 15.8. The number of hydrogen-bond donors (Lipinski definition) is 1. The highest BCUT2D eigenvalue weighted by molar-refractivity contribution is 5.74. The quantitative estimate of drug-likeness (QED) is 0.874. The standard InChI is InChI=1S/C17H25NO3/c1-3-17(16(19)20)9-11-18(12-10-17)13-14-5-7-15(8-6-14)21-4-2/h5-8H,3-4,9-13H2,1-2H3,(H,19,20). The zero-order chi connectivity index (χ0) is 15.3. The Kier molecular flexibility index (Phi) is 5.23. The van der Waals surface area contributed by atoms with Gasteiger partial charge in [-0.2, -0.15) is 0 Å². The number of ether oxygens (including phenoxy) is 1. The van der Waals surface area contributed by atoms with Gasteiger partial charge in [-0.25, -0.2) is 0 Å². The summed E-state index contributed by atoms with van der Waals surface area (Å²) in [6, 6.07) is 8.17. The SMILES string of the molecule is CCOc1ccc(CN2CCC(CC)(C(=O)O)CC2)cc1. The maximum absolute atomic E-state index is 11.4. The van der Waals surface area contributed by atoms with Gasteiger partial charge in [0.05, 0.1) is 12.0 Å². The summed E-state index contributed by atoms with van der Waals surface area (Å²) in [5, 5.41) is 9.41. The Morgan fingerprint density at radius 3 is 2.33 bits per heavy atom. The zero-order valence-electron chi connectivity index (χ0n) is 13.0. The van der Waals surface area contributed by atoms with Crippen molar-refractivity contribution in [1.29, 1.82) is 0 Å². The normalized spacial score (nSPS) is 18.4. The van der Waals surface area contributed by atoms with Crippen LogP contribution in [0.2, 0.25) is 0 Å². The number of aliphatic carboxylic acids is 1. The highest BCUT2D eigenvalue weighted by Crippen LogP contribution is 2.35. The van der Waals surface area contributed by atoms with Gasteiger partial charge >= 0.3 is 5.97 Å². The molecule has 0 radical (unpaired) electrons. The number of piperidine rings is 1. The molecule has 0 spiro atoms. The molecule has 1 fully saturated rings. The van der Waals surface area contributed by atoms with E-state index >= 15 is 0 Å². The molecule has 21 heavy (non-hydrogen) atoms. The molecule has 0 aromatic heterocycles. The van der Waals surface area contributed by atoms with Crippen molar-refractivity contribution in [1.82, 2.24) is 4.90 Å². The van der Waals surface area contributed by atoms with Gasteiger partial charge in [0, 0.05) is 6.54 Å². The Morgan fingerprint density at radius 2 is 1.86 bits per heavy atom. The topological polar surface area (TPSA) is 49.8 Å². The van der Waals surface area contributed by atoms with Crippen LogP contribution in [0.15, 0.2) is 24.3 Å². The summed E-state index contributed by atoms with van der Waals surface area (Å²) < 4.78 is 5.44. The van der Waals surface area contributed by atoms with Gasteiger partial charge in [0.1, 0.15) is 5.75 Å². The van der Waals surface area contributed by atoms with Crippen LogP contribution in [0.5, 0.6) is 5.75 Å². The third-order valence-corrected chi connectivity index (χ3v) is 4.58. The predicted octanol–water partition coefficient (Wildman–Crippen LogP) is 3.16. The number of rotatable bonds is 6. The van der Waals surface area contributed by atoms with E-state index in [1.54, 1.807) is 0 Å². The minimum absolute atomic E-state index is 0.505. The maximum Gasteiger partial charge on any atom is 0.309 e. The Morgan fingerprint density at radius 1 is 1.24 bits per heavy atom. The second-order valence-corrected chi connectivity index (χ2v) is 5.79. The van der Waals surface area contributed by atoms with Gasteiger partial charge in [-0.05, 0) is 57.0 Å². The molecule has 2 rings (SSSR count). The fraction of sp³-hybridized carbons (Fsp3) is 0.588. The molecule has 1 heterocycles. The summed E-state index contributed by atoms with van der Waals surface area (Å²) in [4.78, 5) is 13.8. The second-order valence-electron chi connectivity index (χ2n) is 5.79. The molecule has 1 aliphatic heterocycles. The fourth-order valence-corrected chi connectivity index (χ4v) is 2.97. The molecule has 4 nitrogen and oxygen atoms in total. The van der Waals surface area contributed by atoms with Crippen molar-refractivity contribution in [2.24, 2.45) is 5.41 Å². The summed E-state index contributed by atoms with van der Waals surface area (Å²) >= 11 is 0. The first-order valence-electron chi connectivity index (χ1n) is 7.77. The molecule has 1 aromatic carbocycles. The monoisotopic (exact) mass is 291 g/mol. The van der Waals surface area contributed by atoms with Crippen molar-refractivity contribution in [3.05, 3.63) is 29.8 Å². The average molecular weight is 291 g/mol. The number of carboxylic acid groups (broad SMARTS) is 1. The third-order valence-electron chi connectivity index (χ3n) is 4.58. The molecule has 1 N–H and O–H groups in total. The van der Waals surface area contributed by atoms with Crippen molar-refractivity contribution in [2.75, 3.05) is 19.7 Å². The van der Waals surface area contributed by atoms with Crippen LogP contribution in [0.1, 0.15) is 38.7 Å². The van der Waals surface area contributed by atoms with Crippen molar-refractivity contribution in [3.63, 3.8) is 0 Å². The van der Waals surface area contributed by atoms with Gasteiger partial charge in [0.25, 0.3) is 0 Å². The molecule has 1 saturated heterocycles. The van der Waals surface area contributed by atoms with Gasteiger partial charge in [0.2, 0.25) is 0 Å². The number of hydrogen-bond acceptors (Lipinski definition) is 3. The fourth-order valence-electron chi connectivity index (χ4n) is 2.97. The summed E-state index contributed by atoms with van der Waals surface area (Å²) in [5.74, 6) is 0.265. The summed E-state index contributed by atoms with van der Waals surface area (Å²) in [6.45, 7) is 7.23. The molecule has 0 bridgehead atoms. The van der Waals surface area contributed by atoms with Gasteiger partial charge < -0.3 is 9.84 Å². The highest BCUT2D eigenvalue weighted by Gasteiger charge is 2.39. The molecule has 0 amide bonds. The molecule has 0 aliphatic carbocycles. The van der Waals surface area contributed by atoms with Crippen molar-refractivity contribution in [2.45, 2.75) is 39.7 Å². The minimum Gasteiger partial charge on any atom is -0.494 e. The van der Waals surface area contributed by atoms with Crippen LogP contribution in [0.4, 0.5) is 0 Å². The van der Waals surface area contributed by atoms with Crippen molar-refractivity contribution in [3.8, 4) is 5.75 Å². The lowest BCUT2D eigenvalue weighted by molar-refractivity contribution is -0.152. The Hall–Kier alpha value is -1.55. The molecular formula is C17H25NO3. The molecule has 1 aromatic rings. The number of nitrogens with zero attached hydrogens (tertiary/aromatic N) is 1. The summed E-state index contributed by atoms with van der Waals surface area (Å²) in [5.41, 5.74) is 0.743. The van der Waals surface area contributed by atoms with Crippen molar-refractivity contribution >= 4 is 5.97 Å². The smallest absolute Gasteiger partial charge is 0.309 e. The molecule has 0 atom stereocenters. The second kappa shape index (κ2) is 6.94. The highest BCUT2D eigenvalue weighted by atomic mass is 16.5. The van der Waals surface area contributed by atoms with E-state index in [9.17, 15) is 9.90 Å². The summed E-state index contributed by atoms with van der Waals surface area (Å²) in [7, 11) is 0. The van der Waals surface area contributed by atoms with E-state index in [0.29, 0.717) is 6.61 Å². The molecule has 116 valence electrons. The number of benzene rings is 1. The average Bonchev–Trinajstić information content (AvgIpc) is 2.50. The first-order valence-corrected chi connectivity index (χ1v) is 7.77. The molecule has 4 heteroatoms. The lowest BCUT2D eigenvalue weighted by Gasteiger charge is -2.38. The van der Waals surface area contributed by atoms with Crippen LogP contribution in [0, 0.1) is 5.41 Å². The van der Waals surface area contributed by atoms with E-state index in [4.69, 9.17) is 4.74 Å². The maximum atomic E-state index is 11.4. The Bertz CT molecular complexity index is 461. The first-order chi connectivity index (χ1) is 10.1. The van der Waals surface area contributed by atoms with E-state index < -0.39 is 11.4 Å². The van der Waals surface area contributed by atoms with E-state index in [-0.39, 0.29) is 0 Å². The van der Waals surface area contributed by atoms with Crippen LogP contribution in [0.3, 0.4) is 0 Å². The molecule has 1 aliphatic rings. The number of carbonyl (C=O) groups is 1. The van der Waals surface area contributed by atoms with Crippen LogP contribution in [-0.2, 0) is 11.3 Å². The third kappa shape index (κ3) is 3.76. The van der Waals surface area contributed by atoms with Gasteiger partial charge in [-0.15, -0.1) is 0 Å². The molecular weight excluding hydrogens is 266 g/mol. The summed E-state index contributed by atoms with van der Waals surface area (Å²) in [6.07, 6.45) is 2.21. The predicted molar refractivity (Wildman–Crippen MR) is 82.5 cm³/mol. The van der Waals surface area contributed by atoms with Crippen LogP contribution < -0.4 is 4.74 Å². The van der Waals surface area contributed by atoms with Gasteiger partial charge in [0.15, 0.2) is 0 Å². The largest absolute Gasteiger partial charge is 0.494 e. The number of likely N-dealkylation sites (tertiary alicyclic amines) is 1. The Labute approximate surface area is 126 Å². The lowest BCUT2D eigenvalue weighted by Crippen LogP contribution is -2.43. The Balaban J connectivity index is 1.90. The van der Waals surface area contributed by atoms with E-state index in [2.05, 4.69) is 17.0 Å². The van der Waals surface area contributed by atoms with Gasteiger partial charge in [-0.3, -0.25) is 9.69 Å².